The van der Waals surface area contributed by atoms with Gasteiger partial charge in [0.25, 0.3) is 0 Å². The van der Waals surface area contributed by atoms with Crippen LogP contribution in [0, 0.1) is 6.92 Å². The summed E-state index contributed by atoms with van der Waals surface area (Å²) in [6, 6.07) is 7.14. The summed E-state index contributed by atoms with van der Waals surface area (Å²) in [7, 11) is 1.85. The van der Waals surface area contributed by atoms with Crippen molar-refractivity contribution in [2.24, 2.45) is 5.73 Å². The number of nitrogens with zero attached hydrogens (tertiary/aromatic N) is 1. The Morgan fingerprint density at radius 2 is 2.29 bits per heavy atom. The maximum atomic E-state index is 11.8. The van der Waals surface area contributed by atoms with E-state index in [0.29, 0.717) is 6.04 Å². The lowest BCUT2D eigenvalue weighted by Crippen LogP contribution is -2.53. The molecule has 2 aliphatic rings. The number of amides is 1. The highest BCUT2D eigenvalue weighted by Gasteiger charge is 2.45. The van der Waals surface area contributed by atoms with E-state index in [9.17, 15) is 4.79 Å². The third-order valence-corrected chi connectivity index (χ3v) is 5.27. The lowest BCUT2D eigenvalue weighted by molar-refractivity contribution is -0.124. The number of carbonyl (C=O) groups excluding carboxylic acids is 1. The number of hydrogen-bond donors (Lipinski definition) is 2. The molecule has 4 heteroatoms. The predicted octanol–water partition coefficient (Wildman–Crippen LogP) is 1.74. The number of primary amides is 1. The molecule has 0 bridgehead atoms. The Bertz CT molecular complexity index is 557. The van der Waals surface area contributed by atoms with Crippen LogP contribution in [0.1, 0.15) is 36.8 Å². The van der Waals surface area contributed by atoms with Gasteiger partial charge in [-0.1, -0.05) is 17.7 Å². The first-order valence-electron chi connectivity index (χ1n) is 7.91. The van der Waals surface area contributed by atoms with Gasteiger partial charge in [-0.15, -0.1) is 0 Å². The van der Waals surface area contributed by atoms with E-state index in [0.717, 1.165) is 32.2 Å². The van der Waals surface area contributed by atoms with Gasteiger partial charge >= 0.3 is 0 Å². The monoisotopic (exact) mass is 287 g/mol. The minimum absolute atomic E-state index is 0.214. The zero-order chi connectivity index (χ0) is 15.0. The van der Waals surface area contributed by atoms with Gasteiger partial charge in [0, 0.05) is 18.3 Å². The number of hydrogen-bond acceptors (Lipinski definition) is 3. The fraction of sp³-hybridized carbons (Fsp3) is 0.588. The molecule has 3 rings (SSSR count). The molecule has 1 saturated carbocycles. The number of nitrogens with one attached hydrogen (secondary N) is 1. The smallest absolute Gasteiger partial charge is 0.237 e. The van der Waals surface area contributed by atoms with Gasteiger partial charge in [-0.3, -0.25) is 4.79 Å². The average molecular weight is 287 g/mol. The molecule has 0 saturated heterocycles. The van der Waals surface area contributed by atoms with Crippen LogP contribution in [0.25, 0.3) is 0 Å². The van der Waals surface area contributed by atoms with Crippen molar-refractivity contribution in [1.29, 1.82) is 0 Å². The molecule has 3 N–H and O–H groups in total. The van der Waals surface area contributed by atoms with E-state index in [1.54, 1.807) is 0 Å². The van der Waals surface area contributed by atoms with Crippen LogP contribution in [-0.4, -0.2) is 31.1 Å². The summed E-state index contributed by atoms with van der Waals surface area (Å²) >= 11 is 0. The van der Waals surface area contributed by atoms with Gasteiger partial charge in [0.2, 0.25) is 5.91 Å². The van der Waals surface area contributed by atoms with Crippen LogP contribution in [0.5, 0.6) is 0 Å². The van der Waals surface area contributed by atoms with Crippen molar-refractivity contribution in [1.82, 2.24) is 5.32 Å². The molecular weight excluding hydrogens is 262 g/mol. The zero-order valence-corrected chi connectivity index (χ0v) is 13.0. The Hall–Kier alpha value is -1.55. The van der Waals surface area contributed by atoms with Crippen molar-refractivity contribution in [3.05, 3.63) is 29.3 Å². The number of fused-ring (bicyclic) bond motifs is 1. The van der Waals surface area contributed by atoms with E-state index < -0.39 is 5.54 Å². The normalized spacial score (nSPS) is 28.5. The van der Waals surface area contributed by atoms with Gasteiger partial charge < -0.3 is 16.0 Å². The average Bonchev–Trinajstić information content (AvgIpc) is 2.92. The highest BCUT2D eigenvalue weighted by atomic mass is 16.1. The molecule has 2 atom stereocenters. The Morgan fingerprint density at radius 1 is 1.48 bits per heavy atom. The Morgan fingerprint density at radius 3 is 2.95 bits per heavy atom. The van der Waals surface area contributed by atoms with E-state index in [-0.39, 0.29) is 5.91 Å². The molecular formula is C17H25N3O. The molecule has 114 valence electrons. The van der Waals surface area contributed by atoms with Crippen molar-refractivity contribution in [3.63, 3.8) is 0 Å². The third kappa shape index (κ3) is 2.42. The Labute approximate surface area is 126 Å². The fourth-order valence-electron chi connectivity index (χ4n) is 3.99. The lowest BCUT2D eigenvalue weighted by Gasteiger charge is -2.37. The minimum atomic E-state index is -0.521. The first-order valence-corrected chi connectivity index (χ1v) is 7.91. The van der Waals surface area contributed by atoms with Crippen molar-refractivity contribution in [2.45, 2.75) is 50.6 Å². The summed E-state index contributed by atoms with van der Waals surface area (Å²) in [4.78, 5) is 14.3. The minimum Gasteiger partial charge on any atom is -0.368 e. The molecule has 21 heavy (non-hydrogen) atoms. The SMILES string of the molecule is CNC1(C(N)=O)CCC(N2CCCc3cc(C)ccc32)C1. The van der Waals surface area contributed by atoms with Crippen LogP contribution in [0.4, 0.5) is 5.69 Å². The number of benzene rings is 1. The molecule has 1 aromatic rings. The number of aryl methyl sites for hydroxylation is 2. The number of likely N-dealkylation sites (N-methyl/N-ethyl adjacent to an activating group) is 1. The van der Waals surface area contributed by atoms with Crippen LogP contribution in [0.15, 0.2) is 18.2 Å². The molecule has 2 unspecified atom stereocenters. The number of nitrogens with two attached hydrogens (primary N) is 1. The molecule has 1 aliphatic carbocycles. The predicted molar refractivity (Wildman–Crippen MR) is 85.5 cm³/mol. The number of anilines is 1. The largest absolute Gasteiger partial charge is 0.368 e. The van der Waals surface area contributed by atoms with E-state index in [1.807, 2.05) is 7.05 Å². The van der Waals surface area contributed by atoms with Crippen molar-refractivity contribution in [2.75, 3.05) is 18.5 Å². The van der Waals surface area contributed by atoms with Crippen LogP contribution in [0.2, 0.25) is 0 Å². The highest BCUT2D eigenvalue weighted by molar-refractivity contribution is 5.85. The van der Waals surface area contributed by atoms with Gasteiger partial charge in [0.1, 0.15) is 0 Å². The first-order chi connectivity index (χ1) is 10.1. The molecule has 4 nitrogen and oxygen atoms in total. The van der Waals surface area contributed by atoms with E-state index in [1.165, 1.54) is 23.2 Å². The Balaban J connectivity index is 1.86. The van der Waals surface area contributed by atoms with E-state index >= 15 is 0 Å². The maximum Gasteiger partial charge on any atom is 0.237 e. The van der Waals surface area contributed by atoms with Gasteiger partial charge in [0.05, 0.1) is 5.54 Å². The Kier molecular flexibility index (Phi) is 3.66. The molecule has 1 fully saturated rings. The second-order valence-corrected chi connectivity index (χ2v) is 6.52. The highest BCUT2D eigenvalue weighted by Crippen LogP contribution is 2.38. The van der Waals surface area contributed by atoms with Crippen molar-refractivity contribution < 1.29 is 4.79 Å². The standard InChI is InChI=1S/C17H25N3O/c1-12-5-6-15-13(10-12)4-3-9-20(15)14-7-8-17(11-14,19-2)16(18)21/h5-6,10,14,19H,3-4,7-9,11H2,1-2H3,(H2,18,21). The first kappa shape index (κ1) is 14.4. The molecule has 0 aromatic heterocycles. The summed E-state index contributed by atoms with van der Waals surface area (Å²) in [5, 5.41) is 3.18. The second kappa shape index (κ2) is 5.34. The number of rotatable bonds is 3. The van der Waals surface area contributed by atoms with Gasteiger partial charge in [-0.2, -0.15) is 0 Å². The maximum absolute atomic E-state index is 11.8. The zero-order valence-electron chi connectivity index (χ0n) is 13.0. The van der Waals surface area contributed by atoms with Crippen LogP contribution in [0.3, 0.4) is 0 Å². The molecule has 0 radical (unpaired) electrons. The second-order valence-electron chi connectivity index (χ2n) is 6.52. The summed E-state index contributed by atoms with van der Waals surface area (Å²) in [6.45, 7) is 3.23. The summed E-state index contributed by atoms with van der Waals surface area (Å²) in [6.07, 6.45) is 5.02. The van der Waals surface area contributed by atoms with Crippen molar-refractivity contribution >= 4 is 11.6 Å². The molecule has 1 aliphatic heterocycles. The lowest BCUT2D eigenvalue weighted by atomic mass is 9.95. The quantitative estimate of drug-likeness (QED) is 0.890. The molecule has 1 amide bonds. The van der Waals surface area contributed by atoms with Crippen LogP contribution in [-0.2, 0) is 11.2 Å². The number of carbonyl (C=O) groups is 1. The van der Waals surface area contributed by atoms with E-state index in [2.05, 4.69) is 35.3 Å². The van der Waals surface area contributed by atoms with Crippen molar-refractivity contribution in [3.8, 4) is 0 Å². The fourth-order valence-corrected chi connectivity index (χ4v) is 3.99. The summed E-state index contributed by atoms with van der Waals surface area (Å²) < 4.78 is 0. The summed E-state index contributed by atoms with van der Waals surface area (Å²) in [5.41, 5.74) is 9.23. The topological polar surface area (TPSA) is 58.4 Å². The van der Waals surface area contributed by atoms with Crippen LogP contribution < -0.4 is 16.0 Å². The van der Waals surface area contributed by atoms with E-state index in [4.69, 9.17) is 5.73 Å². The summed E-state index contributed by atoms with van der Waals surface area (Å²) in [5.74, 6) is -0.214. The molecule has 1 aromatic carbocycles. The van der Waals surface area contributed by atoms with Gasteiger partial charge in [-0.05, 0) is 57.7 Å². The third-order valence-electron chi connectivity index (χ3n) is 5.27. The van der Waals surface area contributed by atoms with Gasteiger partial charge in [0.15, 0.2) is 0 Å². The molecule has 0 spiro atoms. The van der Waals surface area contributed by atoms with Gasteiger partial charge in [-0.25, -0.2) is 0 Å². The van der Waals surface area contributed by atoms with Crippen LogP contribution >= 0.6 is 0 Å². The molecule has 1 heterocycles.